The minimum absolute atomic E-state index is 0. The van der Waals surface area contributed by atoms with E-state index in [2.05, 4.69) is 39.4 Å². The summed E-state index contributed by atoms with van der Waals surface area (Å²) in [7, 11) is 3.29. The minimum atomic E-state index is -0.166. The van der Waals surface area contributed by atoms with Crippen LogP contribution in [0.1, 0.15) is 42.0 Å². The molecule has 1 atom stereocenters. The molecule has 3 aromatic heterocycles. The predicted octanol–water partition coefficient (Wildman–Crippen LogP) is 5.33. The first-order chi connectivity index (χ1) is 24.3. The summed E-state index contributed by atoms with van der Waals surface area (Å²) >= 11 is 6.98. The van der Waals surface area contributed by atoms with Crippen molar-refractivity contribution in [1.29, 1.82) is 0 Å². The second-order valence-corrected chi connectivity index (χ2v) is 12.9. The van der Waals surface area contributed by atoms with Crippen LogP contribution in [0.15, 0.2) is 65.7 Å². The number of pyridine rings is 2. The van der Waals surface area contributed by atoms with Crippen LogP contribution in [0.25, 0.3) is 33.2 Å². The average molecular weight is 801 g/mol. The number of nitrogens with zero attached hydrogens (tertiary/aromatic N) is 6. The number of aryl methyl sites for hydroxylation is 3. The van der Waals surface area contributed by atoms with Crippen LogP contribution in [0.2, 0.25) is 5.02 Å². The van der Waals surface area contributed by atoms with Crippen molar-refractivity contribution in [3.05, 3.63) is 111 Å². The Bertz CT molecular complexity index is 2050. The molecule has 0 bridgehead atoms. The fraction of sp³-hybridized carbons (Fsp3) is 0.333. The first-order valence-corrected chi connectivity index (χ1v) is 17.0. The number of fused-ring (bicyclic) bond motifs is 2. The molecule has 2 aromatic carbocycles. The van der Waals surface area contributed by atoms with E-state index in [0.717, 1.165) is 72.1 Å². The standard InChI is InChI=1S/C31H33ClN3O3.C8H6N3O.2Mn/c1-21-6-3-4-7-24(21)25-8-5-9-26(30(25)32)27-18-23-10-11-28(29(23)31(33-27)38-2)35-15-13-22(19-35)12-14-34(20-37)16-17-36;1-11-8(12)7-5-9-3-2-6(7)4-10-11;;/h3-5,7-9,18,28,36H,10-17,19H2,1-2H3;2-4H,1H3;;/q-3;-1;2*+2/t28-;;;/m1.../s1. The summed E-state index contributed by atoms with van der Waals surface area (Å²) in [5, 5.41) is 14.9. The van der Waals surface area contributed by atoms with Crippen molar-refractivity contribution in [3.63, 3.8) is 0 Å². The number of halogens is 1. The summed E-state index contributed by atoms with van der Waals surface area (Å²) in [6.45, 7) is 4.83. The van der Waals surface area contributed by atoms with E-state index in [4.69, 9.17) is 26.4 Å². The van der Waals surface area contributed by atoms with Gasteiger partial charge in [-0.05, 0) is 43.8 Å². The van der Waals surface area contributed by atoms with Crippen molar-refractivity contribution in [2.45, 2.75) is 38.6 Å². The zero-order valence-electron chi connectivity index (χ0n) is 29.2. The van der Waals surface area contributed by atoms with E-state index in [1.807, 2.05) is 43.7 Å². The Morgan fingerprint density at radius 2 is 1.94 bits per heavy atom. The second-order valence-electron chi connectivity index (χ2n) is 12.5. The van der Waals surface area contributed by atoms with Gasteiger partial charge in [-0.15, -0.1) is 18.2 Å². The fourth-order valence-corrected chi connectivity index (χ4v) is 7.16. The number of aromatic nitrogens is 4. The summed E-state index contributed by atoms with van der Waals surface area (Å²) in [6, 6.07) is 19.5. The maximum absolute atomic E-state index is 11.4. The third-order valence-corrected chi connectivity index (χ3v) is 9.88. The smallest absolute Gasteiger partial charge is 0.520 e. The predicted molar refractivity (Wildman–Crippen MR) is 193 cm³/mol. The largest absolute Gasteiger partial charge is 2.00 e. The quantitative estimate of drug-likeness (QED) is 0.115. The van der Waals surface area contributed by atoms with Gasteiger partial charge in [0, 0.05) is 42.0 Å². The van der Waals surface area contributed by atoms with E-state index in [-0.39, 0.29) is 52.3 Å². The SMILES string of the molecule is COc1nc(-c2cccc(-c3ccc[c-]c3C)c2Cl)cc2c1[C@H](N1CC[C-](CCN([C-]=O)CCO)C1)CC2.Cn1ncc2ccn[c-]c2c1=O.[Mn+2].[Mn+2]. The Hall–Kier alpha value is -3.60. The first kappa shape index (κ1) is 41.2. The van der Waals surface area contributed by atoms with Crippen LogP contribution < -0.4 is 10.3 Å². The molecule has 2 aliphatic rings. The number of aliphatic hydroxyl groups excluding tert-OH is 1. The number of rotatable bonds is 10. The van der Waals surface area contributed by atoms with E-state index >= 15 is 0 Å². The van der Waals surface area contributed by atoms with Gasteiger partial charge in [-0.2, -0.15) is 54.2 Å². The molecule has 10 nitrogen and oxygen atoms in total. The molecule has 1 aliphatic heterocycles. The van der Waals surface area contributed by atoms with Gasteiger partial charge in [-0.25, -0.2) is 4.98 Å². The molecule has 0 unspecified atom stereocenters. The van der Waals surface area contributed by atoms with Gasteiger partial charge in [0.05, 0.1) is 19.4 Å². The van der Waals surface area contributed by atoms with Crippen LogP contribution in [0.4, 0.5) is 0 Å². The van der Waals surface area contributed by atoms with Gasteiger partial charge in [-0.3, -0.25) is 10.6 Å². The summed E-state index contributed by atoms with van der Waals surface area (Å²) in [6.07, 6.45) is 11.6. The van der Waals surface area contributed by atoms with Crippen molar-refractivity contribution < 1.29 is 48.8 Å². The molecule has 270 valence electrons. The number of ether oxygens (including phenoxy) is 1. The van der Waals surface area contributed by atoms with Gasteiger partial charge in [0.25, 0.3) is 0 Å². The minimum Gasteiger partial charge on any atom is -0.520 e. The van der Waals surface area contributed by atoms with Crippen LogP contribution in [0, 0.1) is 25.1 Å². The van der Waals surface area contributed by atoms with Crippen molar-refractivity contribution >= 4 is 28.8 Å². The molecule has 0 spiro atoms. The Kier molecular flexibility index (Phi) is 15.0. The zero-order chi connectivity index (χ0) is 35.2. The summed E-state index contributed by atoms with van der Waals surface area (Å²) < 4.78 is 7.13. The van der Waals surface area contributed by atoms with Crippen molar-refractivity contribution in [2.75, 3.05) is 39.9 Å². The normalized spacial score (nSPS) is 15.2. The Balaban J connectivity index is 0.000000366. The summed E-state index contributed by atoms with van der Waals surface area (Å²) in [5.41, 5.74) is 7.10. The molecular weight excluding hydrogens is 762 g/mol. The molecule has 1 saturated heterocycles. The molecule has 5 aromatic rings. The maximum atomic E-state index is 11.4. The number of hydrogen-bond acceptors (Lipinski definition) is 8. The second kappa shape index (κ2) is 18.9. The van der Waals surface area contributed by atoms with Gasteiger partial charge in [0.15, 0.2) is 5.56 Å². The molecule has 1 N–H and O–H groups in total. The first-order valence-electron chi connectivity index (χ1n) is 16.7. The van der Waals surface area contributed by atoms with E-state index in [1.54, 1.807) is 32.6 Å². The fourth-order valence-electron chi connectivity index (χ4n) is 6.83. The summed E-state index contributed by atoms with van der Waals surface area (Å²) in [4.78, 5) is 35.2. The Morgan fingerprint density at radius 3 is 2.69 bits per heavy atom. The van der Waals surface area contributed by atoms with E-state index in [9.17, 15) is 9.59 Å². The number of amides is 1. The molecule has 0 saturated carbocycles. The maximum Gasteiger partial charge on any atom is 2.00 e. The topological polar surface area (TPSA) is 114 Å². The van der Waals surface area contributed by atoms with Gasteiger partial charge >= 0.3 is 34.1 Å². The van der Waals surface area contributed by atoms with Crippen LogP contribution >= 0.6 is 11.6 Å². The monoisotopic (exact) mass is 800 g/mol. The zero-order valence-corrected chi connectivity index (χ0v) is 32.3. The number of benzene rings is 2. The van der Waals surface area contributed by atoms with Gasteiger partial charge in [0.1, 0.15) is 0 Å². The Labute approximate surface area is 330 Å². The number of aliphatic hydroxyl groups is 1. The molecular formula is C39H39ClMn2N6O4. The van der Waals surface area contributed by atoms with E-state index in [0.29, 0.717) is 29.4 Å². The third-order valence-electron chi connectivity index (χ3n) is 9.48. The van der Waals surface area contributed by atoms with Crippen LogP contribution in [-0.4, -0.2) is 81.0 Å². The number of likely N-dealkylation sites (tertiary alicyclic amines) is 1. The third kappa shape index (κ3) is 8.94. The number of hydrogen-bond donors (Lipinski definition) is 1. The van der Waals surface area contributed by atoms with Crippen LogP contribution in [0.5, 0.6) is 5.88 Å². The molecule has 52 heavy (non-hydrogen) atoms. The van der Waals surface area contributed by atoms with Gasteiger partial charge < -0.3 is 34.2 Å². The molecule has 1 aliphatic carbocycles. The van der Waals surface area contributed by atoms with Gasteiger partial charge in [0.2, 0.25) is 5.88 Å². The van der Waals surface area contributed by atoms with E-state index in [1.165, 1.54) is 26.6 Å². The van der Waals surface area contributed by atoms with Crippen LogP contribution in [-0.2, 0) is 52.4 Å². The van der Waals surface area contributed by atoms with Crippen molar-refractivity contribution in [1.82, 2.24) is 29.5 Å². The Morgan fingerprint density at radius 1 is 1.15 bits per heavy atom. The molecule has 1 amide bonds. The van der Waals surface area contributed by atoms with E-state index < -0.39 is 0 Å². The molecule has 4 heterocycles. The van der Waals surface area contributed by atoms with Crippen LogP contribution in [0.3, 0.4) is 0 Å². The molecule has 7 rings (SSSR count). The molecule has 13 heteroatoms. The molecule has 2 radical (unpaired) electrons. The summed E-state index contributed by atoms with van der Waals surface area (Å²) in [5.74, 6) is 2.10. The van der Waals surface area contributed by atoms with Gasteiger partial charge in [-0.1, -0.05) is 59.3 Å². The van der Waals surface area contributed by atoms with Crippen molar-refractivity contribution in [2.24, 2.45) is 7.05 Å². The van der Waals surface area contributed by atoms with Crippen molar-refractivity contribution in [3.8, 4) is 28.3 Å². The molecule has 1 fully saturated rings. The average Bonchev–Trinajstić information content (AvgIpc) is 3.79. The number of carbonyl (C=O) groups excluding carboxylic acids is 1. The number of methoxy groups -OCH3 is 1.